The van der Waals surface area contributed by atoms with E-state index in [1.165, 1.54) is 6.07 Å². The van der Waals surface area contributed by atoms with Crippen LogP contribution in [0.3, 0.4) is 0 Å². The zero-order valence-electron chi connectivity index (χ0n) is 17.5. The number of H-pyrrole nitrogens is 1. The predicted molar refractivity (Wildman–Crippen MR) is 134 cm³/mol. The molecule has 168 valence electrons. The van der Waals surface area contributed by atoms with E-state index in [9.17, 15) is 9.59 Å². The number of hydrogen-bond donors (Lipinski definition) is 4. The number of amides is 2. The summed E-state index contributed by atoms with van der Waals surface area (Å²) in [6, 6.07) is 13.1. The average Bonchev–Trinajstić information content (AvgIpc) is 3.20. The summed E-state index contributed by atoms with van der Waals surface area (Å²) in [5.41, 5.74) is 3.28. The molecule has 1 aromatic heterocycles. The number of aryl methyl sites for hydroxylation is 1. The van der Waals surface area contributed by atoms with E-state index < -0.39 is 11.8 Å². The van der Waals surface area contributed by atoms with Crippen molar-refractivity contribution in [1.82, 2.24) is 9.97 Å². The Morgan fingerprint density at radius 2 is 1.58 bits per heavy atom. The number of hydrogen-bond acceptors (Lipinski definition) is 4. The standard InChI is InChI=1S/C23H18Cl3N5O2/c1-11-3-5-13(9-18(11)26)28-22(33)16-8-14(10-19-20(16)31-23(27-2)30-19)29-21(32)15-7-12(24)4-6-17(15)25/h3-10H,1-2H3,(H,28,33)(H,29,32)(H2,27,30,31). The SMILES string of the molecule is CNc1nc2c(C(=O)Nc3ccc(C)c(Cl)c3)cc(NC(=O)c3cc(Cl)ccc3Cl)cc2[nH]1. The van der Waals surface area contributed by atoms with Gasteiger partial charge >= 0.3 is 0 Å². The van der Waals surface area contributed by atoms with E-state index in [4.69, 9.17) is 34.8 Å². The highest BCUT2D eigenvalue weighted by atomic mass is 35.5. The fourth-order valence-electron chi connectivity index (χ4n) is 3.22. The van der Waals surface area contributed by atoms with Crippen molar-refractivity contribution in [3.05, 3.63) is 80.3 Å². The number of nitrogens with zero attached hydrogens (tertiary/aromatic N) is 1. The van der Waals surface area contributed by atoms with Crippen molar-refractivity contribution in [2.45, 2.75) is 6.92 Å². The van der Waals surface area contributed by atoms with Crippen LogP contribution in [0, 0.1) is 6.92 Å². The Kier molecular flexibility index (Phi) is 6.47. The quantitative estimate of drug-likeness (QED) is 0.254. The summed E-state index contributed by atoms with van der Waals surface area (Å²) in [5, 5.41) is 9.68. The van der Waals surface area contributed by atoms with E-state index in [1.807, 2.05) is 13.0 Å². The summed E-state index contributed by atoms with van der Waals surface area (Å²) in [7, 11) is 1.70. The van der Waals surface area contributed by atoms with Gasteiger partial charge in [-0.25, -0.2) is 4.98 Å². The number of aromatic amines is 1. The highest BCUT2D eigenvalue weighted by molar-refractivity contribution is 6.36. The van der Waals surface area contributed by atoms with Crippen molar-refractivity contribution in [3.63, 3.8) is 0 Å². The monoisotopic (exact) mass is 501 g/mol. The van der Waals surface area contributed by atoms with E-state index in [1.54, 1.807) is 43.4 Å². The van der Waals surface area contributed by atoms with Gasteiger partial charge in [-0.15, -0.1) is 0 Å². The Morgan fingerprint density at radius 3 is 2.30 bits per heavy atom. The van der Waals surface area contributed by atoms with Crippen LogP contribution in [0.5, 0.6) is 0 Å². The van der Waals surface area contributed by atoms with Gasteiger partial charge in [0.05, 0.1) is 21.7 Å². The number of carbonyl (C=O) groups is 2. The number of anilines is 3. The van der Waals surface area contributed by atoms with Gasteiger partial charge in [0.1, 0.15) is 5.52 Å². The van der Waals surface area contributed by atoms with Crippen molar-refractivity contribution < 1.29 is 9.59 Å². The Balaban J connectivity index is 1.71. The van der Waals surface area contributed by atoms with Crippen LogP contribution in [-0.4, -0.2) is 28.8 Å². The molecule has 1 heterocycles. The number of benzene rings is 3. The molecular weight excluding hydrogens is 485 g/mol. The molecule has 0 fully saturated rings. The van der Waals surface area contributed by atoms with Crippen LogP contribution in [0.1, 0.15) is 26.3 Å². The third-order valence-electron chi connectivity index (χ3n) is 4.93. The maximum absolute atomic E-state index is 13.1. The topological polar surface area (TPSA) is 98.9 Å². The number of halogens is 3. The molecule has 0 unspecified atom stereocenters. The molecule has 0 saturated carbocycles. The van der Waals surface area contributed by atoms with Crippen molar-refractivity contribution in [2.75, 3.05) is 23.0 Å². The number of fused-ring (bicyclic) bond motifs is 1. The molecule has 0 radical (unpaired) electrons. The fourth-order valence-corrected chi connectivity index (χ4v) is 3.78. The van der Waals surface area contributed by atoms with Gasteiger partial charge in [0.25, 0.3) is 11.8 Å². The Labute approximate surface area is 204 Å². The highest BCUT2D eigenvalue weighted by Crippen LogP contribution is 2.27. The molecule has 4 rings (SSSR count). The zero-order chi connectivity index (χ0) is 23.7. The summed E-state index contributed by atoms with van der Waals surface area (Å²) in [4.78, 5) is 33.5. The molecular formula is C23H18Cl3N5O2. The zero-order valence-corrected chi connectivity index (χ0v) is 19.8. The second-order valence-electron chi connectivity index (χ2n) is 7.25. The van der Waals surface area contributed by atoms with E-state index in [0.29, 0.717) is 38.4 Å². The van der Waals surface area contributed by atoms with E-state index >= 15 is 0 Å². The minimum absolute atomic E-state index is 0.213. The van der Waals surface area contributed by atoms with Crippen LogP contribution < -0.4 is 16.0 Å². The van der Waals surface area contributed by atoms with Gasteiger partial charge < -0.3 is 20.9 Å². The molecule has 4 aromatic rings. The summed E-state index contributed by atoms with van der Waals surface area (Å²) in [6.45, 7) is 1.87. The molecule has 0 saturated heterocycles. The third-order valence-corrected chi connectivity index (χ3v) is 5.90. The predicted octanol–water partition coefficient (Wildman–Crippen LogP) is 6.38. The molecule has 3 aromatic carbocycles. The first kappa shape index (κ1) is 22.9. The number of carbonyl (C=O) groups excluding carboxylic acids is 2. The normalized spacial score (nSPS) is 10.8. The van der Waals surface area contributed by atoms with Gasteiger partial charge in [0.15, 0.2) is 0 Å². The Hall–Kier alpha value is -3.26. The van der Waals surface area contributed by atoms with Gasteiger partial charge in [-0.2, -0.15) is 0 Å². The summed E-state index contributed by atoms with van der Waals surface area (Å²) < 4.78 is 0. The molecule has 33 heavy (non-hydrogen) atoms. The van der Waals surface area contributed by atoms with Gasteiger partial charge in [-0.1, -0.05) is 40.9 Å². The summed E-state index contributed by atoms with van der Waals surface area (Å²) >= 11 is 18.3. The molecule has 2 amide bonds. The lowest BCUT2D eigenvalue weighted by Crippen LogP contribution is -2.15. The Morgan fingerprint density at radius 1 is 0.848 bits per heavy atom. The second-order valence-corrected chi connectivity index (χ2v) is 8.50. The molecule has 0 aliphatic heterocycles. The van der Waals surface area contributed by atoms with Crippen LogP contribution in [0.2, 0.25) is 15.1 Å². The van der Waals surface area contributed by atoms with Gasteiger partial charge in [-0.05, 0) is 55.0 Å². The van der Waals surface area contributed by atoms with Gasteiger partial charge in [0.2, 0.25) is 5.95 Å². The minimum atomic E-state index is -0.466. The first-order valence-electron chi connectivity index (χ1n) is 9.80. The first-order valence-corrected chi connectivity index (χ1v) is 10.9. The molecule has 0 atom stereocenters. The van der Waals surface area contributed by atoms with E-state index in [0.717, 1.165) is 5.56 Å². The largest absolute Gasteiger partial charge is 0.359 e. The molecule has 10 heteroatoms. The average molecular weight is 503 g/mol. The number of aromatic nitrogens is 2. The number of rotatable bonds is 5. The van der Waals surface area contributed by atoms with Crippen LogP contribution in [0.15, 0.2) is 48.5 Å². The fraction of sp³-hybridized carbons (Fsp3) is 0.0870. The lowest BCUT2D eigenvalue weighted by molar-refractivity contribution is 0.101. The smallest absolute Gasteiger partial charge is 0.258 e. The minimum Gasteiger partial charge on any atom is -0.359 e. The molecule has 7 nitrogen and oxygen atoms in total. The van der Waals surface area contributed by atoms with Crippen LogP contribution >= 0.6 is 34.8 Å². The summed E-state index contributed by atoms with van der Waals surface area (Å²) in [5.74, 6) is -0.406. The lowest BCUT2D eigenvalue weighted by atomic mass is 10.1. The van der Waals surface area contributed by atoms with Crippen LogP contribution in [-0.2, 0) is 0 Å². The first-order chi connectivity index (χ1) is 15.7. The van der Waals surface area contributed by atoms with Gasteiger partial charge in [0, 0.05) is 28.5 Å². The van der Waals surface area contributed by atoms with Crippen molar-refractivity contribution in [1.29, 1.82) is 0 Å². The highest BCUT2D eigenvalue weighted by Gasteiger charge is 2.18. The van der Waals surface area contributed by atoms with Crippen LogP contribution in [0.4, 0.5) is 17.3 Å². The Bertz CT molecular complexity index is 1400. The number of nitrogens with one attached hydrogen (secondary N) is 4. The van der Waals surface area contributed by atoms with Crippen LogP contribution in [0.25, 0.3) is 11.0 Å². The van der Waals surface area contributed by atoms with E-state index in [2.05, 4.69) is 25.9 Å². The van der Waals surface area contributed by atoms with Gasteiger partial charge in [-0.3, -0.25) is 9.59 Å². The molecule has 0 aliphatic carbocycles. The summed E-state index contributed by atoms with van der Waals surface area (Å²) in [6.07, 6.45) is 0. The van der Waals surface area contributed by atoms with Crippen molar-refractivity contribution >= 4 is 75.0 Å². The van der Waals surface area contributed by atoms with Crippen molar-refractivity contribution in [3.8, 4) is 0 Å². The number of imidazole rings is 1. The maximum Gasteiger partial charge on any atom is 0.258 e. The van der Waals surface area contributed by atoms with Crippen molar-refractivity contribution in [2.24, 2.45) is 0 Å². The molecule has 4 N–H and O–H groups in total. The third kappa shape index (κ3) is 4.90. The maximum atomic E-state index is 13.1. The second kappa shape index (κ2) is 9.31. The van der Waals surface area contributed by atoms with E-state index in [-0.39, 0.29) is 16.1 Å². The molecule has 0 aliphatic rings. The molecule has 0 spiro atoms. The lowest BCUT2D eigenvalue weighted by Gasteiger charge is -2.11. The molecule has 0 bridgehead atoms.